The van der Waals surface area contributed by atoms with Gasteiger partial charge in [0.2, 0.25) is 0 Å². The average Bonchev–Trinajstić information content (AvgIpc) is 2.15. The number of rotatable bonds is 3. The third-order valence-corrected chi connectivity index (χ3v) is 1.61. The number of benzene rings is 1. The molecule has 0 saturated heterocycles. The van der Waals surface area contributed by atoms with Crippen molar-refractivity contribution in [1.29, 1.82) is 0 Å². The van der Waals surface area contributed by atoms with Crippen molar-refractivity contribution in [2.75, 3.05) is 6.61 Å². The molecule has 0 unspecified atom stereocenters. The fraction of sp³-hybridized carbons (Fsp3) is 0.100. The monoisotopic (exact) mass is 194 g/mol. The largest absolute Gasteiger partial charge is 0.480 e. The first kappa shape index (κ1) is 9.63. The number of ether oxygens (including phenoxy) is 1. The number of terminal acetylenes is 1. The standard InChI is InChI=1S/C10H7ClO2/c1-2-7-13-9-6-4-3-5-8(9)10(11)12/h1,3-6H,7H2. The second-order valence-electron chi connectivity index (χ2n) is 2.26. The summed E-state index contributed by atoms with van der Waals surface area (Å²) >= 11 is 5.32. The summed E-state index contributed by atoms with van der Waals surface area (Å²) in [4.78, 5) is 10.9. The van der Waals surface area contributed by atoms with Crippen LogP contribution in [0.3, 0.4) is 0 Å². The Morgan fingerprint density at radius 1 is 1.54 bits per heavy atom. The van der Waals surface area contributed by atoms with E-state index in [1.54, 1.807) is 24.3 Å². The Hall–Kier alpha value is -1.46. The molecule has 0 aliphatic carbocycles. The minimum atomic E-state index is -0.548. The minimum Gasteiger partial charge on any atom is -0.480 e. The first-order valence-electron chi connectivity index (χ1n) is 3.61. The Labute approximate surface area is 81.5 Å². The van der Waals surface area contributed by atoms with E-state index in [-0.39, 0.29) is 6.61 Å². The third-order valence-electron chi connectivity index (χ3n) is 1.41. The second kappa shape index (κ2) is 4.54. The summed E-state index contributed by atoms with van der Waals surface area (Å²) in [6.07, 6.45) is 5.01. The molecule has 0 fully saturated rings. The number of carbonyl (C=O) groups excluding carboxylic acids is 1. The fourth-order valence-electron chi connectivity index (χ4n) is 0.874. The van der Waals surface area contributed by atoms with E-state index in [0.717, 1.165) is 0 Å². The van der Waals surface area contributed by atoms with E-state index in [1.165, 1.54) is 0 Å². The average molecular weight is 195 g/mol. The summed E-state index contributed by atoms with van der Waals surface area (Å²) in [5.41, 5.74) is 0.333. The van der Waals surface area contributed by atoms with Gasteiger partial charge in [-0.3, -0.25) is 4.79 Å². The van der Waals surface area contributed by atoms with Crippen LogP contribution in [0.25, 0.3) is 0 Å². The Bertz CT molecular complexity index is 352. The molecule has 0 atom stereocenters. The van der Waals surface area contributed by atoms with E-state index in [0.29, 0.717) is 11.3 Å². The topological polar surface area (TPSA) is 26.3 Å². The lowest BCUT2D eigenvalue weighted by molar-refractivity contribution is 0.107. The molecule has 1 aromatic rings. The van der Waals surface area contributed by atoms with Crippen LogP contribution in [-0.4, -0.2) is 11.8 Å². The number of hydrogen-bond donors (Lipinski definition) is 0. The number of halogens is 1. The van der Waals surface area contributed by atoms with Gasteiger partial charge in [-0.1, -0.05) is 18.1 Å². The quantitative estimate of drug-likeness (QED) is 0.544. The first-order chi connectivity index (χ1) is 6.25. The van der Waals surface area contributed by atoms with Crippen molar-refractivity contribution in [3.05, 3.63) is 29.8 Å². The lowest BCUT2D eigenvalue weighted by atomic mass is 10.2. The molecule has 0 radical (unpaired) electrons. The highest BCUT2D eigenvalue weighted by atomic mass is 35.5. The van der Waals surface area contributed by atoms with Crippen molar-refractivity contribution in [2.45, 2.75) is 0 Å². The molecule has 1 aromatic carbocycles. The Morgan fingerprint density at radius 2 is 2.23 bits per heavy atom. The molecule has 0 aliphatic heterocycles. The van der Waals surface area contributed by atoms with Gasteiger partial charge in [-0.2, -0.15) is 0 Å². The lowest BCUT2D eigenvalue weighted by Gasteiger charge is -2.04. The number of carbonyl (C=O) groups is 1. The van der Waals surface area contributed by atoms with Crippen LogP contribution in [-0.2, 0) is 0 Å². The molecule has 0 amide bonds. The van der Waals surface area contributed by atoms with E-state index in [4.69, 9.17) is 22.8 Å². The van der Waals surface area contributed by atoms with Crippen molar-refractivity contribution in [2.24, 2.45) is 0 Å². The molecular weight excluding hydrogens is 188 g/mol. The SMILES string of the molecule is C#CCOc1ccccc1C(=O)Cl. The van der Waals surface area contributed by atoms with Gasteiger partial charge < -0.3 is 4.74 Å². The van der Waals surface area contributed by atoms with Crippen LogP contribution in [0, 0.1) is 12.3 Å². The maximum Gasteiger partial charge on any atom is 0.256 e. The Morgan fingerprint density at radius 3 is 2.85 bits per heavy atom. The zero-order chi connectivity index (χ0) is 9.68. The molecule has 0 heterocycles. The van der Waals surface area contributed by atoms with E-state index >= 15 is 0 Å². The van der Waals surface area contributed by atoms with Crippen molar-refractivity contribution in [3.8, 4) is 18.1 Å². The van der Waals surface area contributed by atoms with Crippen LogP contribution in [0.4, 0.5) is 0 Å². The number of hydrogen-bond acceptors (Lipinski definition) is 2. The van der Waals surface area contributed by atoms with Crippen LogP contribution < -0.4 is 4.74 Å². The van der Waals surface area contributed by atoms with Gasteiger partial charge in [0, 0.05) is 0 Å². The van der Waals surface area contributed by atoms with Crippen molar-refractivity contribution in [1.82, 2.24) is 0 Å². The van der Waals surface area contributed by atoms with Gasteiger partial charge in [0.25, 0.3) is 5.24 Å². The zero-order valence-electron chi connectivity index (χ0n) is 6.79. The molecule has 66 valence electrons. The normalized spacial score (nSPS) is 8.92. The summed E-state index contributed by atoms with van der Waals surface area (Å²) in [7, 11) is 0. The summed E-state index contributed by atoms with van der Waals surface area (Å²) in [5.74, 6) is 2.72. The van der Waals surface area contributed by atoms with Gasteiger partial charge >= 0.3 is 0 Å². The van der Waals surface area contributed by atoms with Gasteiger partial charge in [0.05, 0.1) is 5.56 Å². The van der Waals surface area contributed by atoms with Crippen molar-refractivity contribution >= 4 is 16.8 Å². The van der Waals surface area contributed by atoms with Crippen LogP contribution in [0.15, 0.2) is 24.3 Å². The van der Waals surface area contributed by atoms with Crippen molar-refractivity contribution < 1.29 is 9.53 Å². The smallest absolute Gasteiger partial charge is 0.256 e. The van der Waals surface area contributed by atoms with E-state index < -0.39 is 5.24 Å². The van der Waals surface area contributed by atoms with E-state index in [2.05, 4.69) is 5.92 Å². The van der Waals surface area contributed by atoms with E-state index in [9.17, 15) is 4.79 Å². The second-order valence-corrected chi connectivity index (χ2v) is 2.61. The molecule has 0 bridgehead atoms. The zero-order valence-corrected chi connectivity index (χ0v) is 7.54. The van der Waals surface area contributed by atoms with E-state index in [1.807, 2.05) is 0 Å². The van der Waals surface area contributed by atoms with Gasteiger partial charge in [0.15, 0.2) is 0 Å². The van der Waals surface area contributed by atoms with Gasteiger partial charge in [-0.05, 0) is 23.7 Å². The first-order valence-corrected chi connectivity index (χ1v) is 3.98. The number of para-hydroxylation sites is 1. The van der Waals surface area contributed by atoms with Crippen LogP contribution >= 0.6 is 11.6 Å². The van der Waals surface area contributed by atoms with Gasteiger partial charge in [-0.25, -0.2) is 0 Å². The summed E-state index contributed by atoms with van der Waals surface area (Å²) < 4.78 is 5.11. The minimum absolute atomic E-state index is 0.126. The molecule has 3 heteroatoms. The molecule has 2 nitrogen and oxygen atoms in total. The lowest BCUT2D eigenvalue weighted by Crippen LogP contribution is -1.99. The van der Waals surface area contributed by atoms with Crippen LogP contribution in [0.2, 0.25) is 0 Å². The highest BCUT2D eigenvalue weighted by Gasteiger charge is 2.07. The molecule has 0 saturated carbocycles. The highest BCUT2D eigenvalue weighted by molar-refractivity contribution is 6.68. The van der Waals surface area contributed by atoms with Crippen LogP contribution in [0.1, 0.15) is 10.4 Å². The molecule has 1 rings (SSSR count). The van der Waals surface area contributed by atoms with Crippen LogP contribution in [0.5, 0.6) is 5.75 Å². The van der Waals surface area contributed by atoms with Gasteiger partial charge in [-0.15, -0.1) is 6.42 Å². The molecule has 0 N–H and O–H groups in total. The summed E-state index contributed by atoms with van der Waals surface area (Å²) in [5, 5.41) is -0.548. The maximum absolute atomic E-state index is 10.9. The van der Waals surface area contributed by atoms with Gasteiger partial charge in [0.1, 0.15) is 12.4 Å². The Kier molecular flexibility index (Phi) is 3.36. The van der Waals surface area contributed by atoms with Crippen molar-refractivity contribution in [3.63, 3.8) is 0 Å². The predicted molar refractivity (Wildman–Crippen MR) is 51.0 cm³/mol. The fourth-order valence-corrected chi connectivity index (χ4v) is 1.03. The molecule has 0 aromatic heterocycles. The molecule has 0 spiro atoms. The summed E-state index contributed by atoms with van der Waals surface area (Å²) in [6, 6.07) is 6.68. The Balaban J connectivity index is 2.92. The third kappa shape index (κ3) is 2.50. The maximum atomic E-state index is 10.9. The highest BCUT2D eigenvalue weighted by Crippen LogP contribution is 2.19. The predicted octanol–water partition coefficient (Wildman–Crippen LogP) is 2.08. The molecule has 0 aliphatic rings. The molecular formula is C10H7ClO2. The molecule has 13 heavy (non-hydrogen) atoms. The summed E-state index contributed by atoms with van der Waals surface area (Å²) in [6.45, 7) is 0.126.